The summed E-state index contributed by atoms with van der Waals surface area (Å²) in [6.45, 7) is 3.84. The Kier molecular flexibility index (Phi) is 20.1. The second kappa shape index (κ2) is 22.5. The van der Waals surface area contributed by atoms with Gasteiger partial charge >= 0.3 is 22.1 Å². The van der Waals surface area contributed by atoms with E-state index in [4.69, 9.17) is 32.9 Å². The third kappa shape index (κ3) is 18.0. The molecule has 2 rings (SSSR count). The highest BCUT2D eigenvalue weighted by atomic mass is 32.2. The zero-order valence-corrected chi connectivity index (χ0v) is 27.1. The Morgan fingerprint density at radius 3 is 2.37 bits per heavy atom. The van der Waals surface area contributed by atoms with Gasteiger partial charge in [0, 0.05) is 35.1 Å². The Bertz CT molecular complexity index is 878. The van der Waals surface area contributed by atoms with Gasteiger partial charge < -0.3 is 39.8 Å². The molecule has 19 heteroatoms. The molecule has 2 fully saturated rings. The number of hydrogen-bond acceptors (Lipinski definition) is 12. The maximum absolute atomic E-state index is 12.0. The highest BCUT2D eigenvalue weighted by molar-refractivity contribution is 8.00. The van der Waals surface area contributed by atoms with Gasteiger partial charge in [-0.05, 0) is 26.2 Å². The Hall–Kier alpha value is -0.940. The summed E-state index contributed by atoms with van der Waals surface area (Å²) < 4.78 is 58.0. The highest BCUT2D eigenvalue weighted by Crippen LogP contribution is 2.43. The van der Waals surface area contributed by atoms with Crippen LogP contribution in [0.4, 0.5) is 4.79 Å². The molecule has 6 unspecified atom stereocenters. The molecule has 2 heterocycles. The molecule has 0 spiro atoms. The van der Waals surface area contributed by atoms with E-state index in [0.29, 0.717) is 57.7 Å². The van der Waals surface area contributed by atoms with Crippen LogP contribution in [0.25, 0.3) is 0 Å². The van der Waals surface area contributed by atoms with E-state index in [1.54, 1.807) is 0 Å². The monoisotopic (exact) mass is 678 g/mol. The van der Waals surface area contributed by atoms with Crippen molar-refractivity contribution >= 4 is 39.8 Å². The molecule has 0 radical (unpaired) electrons. The quantitative estimate of drug-likeness (QED) is 0.0474. The first-order valence-corrected chi connectivity index (χ1v) is 18.1. The van der Waals surface area contributed by atoms with E-state index in [1.807, 2.05) is 11.8 Å². The van der Waals surface area contributed by atoms with Crippen LogP contribution >= 0.6 is 27.8 Å². The minimum absolute atomic E-state index is 0.0367. The lowest BCUT2D eigenvalue weighted by Gasteiger charge is -2.16. The van der Waals surface area contributed by atoms with Crippen molar-refractivity contribution in [2.75, 3.05) is 78.4 Å². The van der Waals surface area contributed by atoms with Crippen LogP contribution in [0.5, 0.6) is 0 Å². The summed E-state index contributed by atoms with van der Waals surface area (Å²) in [6, 6.07) is 0.365. The Balaban J connectivity index is 1.32. The molecule has 2 aliphatic rings. The van der Waals surface area contributed by atoms with Crippen LogP contribution in [0.3, 0.4) is 0 Å². The zero-order chi connectivity index (χ0) is 31.3. The Morgan fingerprint density at radius 1 is 1.02 bits per heavy atom. The van der Waals surface area contributed by atoms with Gasteiger partial charge in [0.1, 0.15) is 0 Å². The van der Waals surface area contributed by atoms with E-state index in [1.165, 1.54) is 6.92 Å². The fraction of sp³-hybridized carbons (Fsp3) is 0.917. The average molecular weight is 679 g/mol. The van der Waals surface area contributed by atoms with Gasteiger partial charge in [0.05, 0.1) is 71.5 Å². The third-order valence-electron chi connectivity index (χ3n) is 6.24. The van der Waals surface area contributed by atoms with Crippen LogP contribution < -0.4 is 16.0 Å². The first-order valence-electron chi connectivity index (χ1n) is 14.4. The molecule has 0 aromatic rings. The molecule has 5 N–H and O–H groups in total. The van der Waals surface area contributed by atoms with Gasteiger partial charge in [0.2, 0.25) is 5.91 Å². The summed E-state index contributed by atoms with van der Waals surface area (Å²) in [4.78, 5) is 41.8. The molecule has 16 nitrogen and oxygen atoms in total. The van der Waals surface area contributed by atoms with Crippen LogP contribution in [-0.4, -0.2) is 124 Å². The summed E-state index contributed by atoms with van der Waals surface area (Å²) in [6.07, 6.45) is 2.95. The van der Waals surface area contributed by atoms with Crippen molar-refractivity contribution in [3.8, 4) is 0 Å². The number of thioether (sulfide) groups is 1. The number of ether oxygens (including phenoxy) is 4. The van der Waals surface area contributed by atoms with E-state index >= 15 is 0 Å². The first-order chi connectivity index (χ1) is 20.7. The topological polar surface area (TPSA) is 209 Å². The number of rotatable bonds is 27. The summed E-state index contributed by atoms with van der Waals surface area (Å²) in [5.74, 6) is 0.988. The Morgan fingerprint density at radius 2 is 1.70 bits per heavy atom. The van der Waals surface area contributed by atoms with Gasteiger partial charge in [-0.3, -0.25) is 13.8 Å². The molecular formula is C24H46N3O13P2S+. The fourth-order valence-corrected chi connectivity index (χ4v) is 6.93. The smallest absolute Gasteiger partial charge is 0.379 e. The molecule has 6 atom stereocenters. The van der Waals surface area contributed by atoms with E-state index in [2.05, 4.69) is 20.5 Å². The molecule has 0 bridgehead atoms. The van der Waals surface area contributed by atoms with Crippen molar-refractivity contribution in [2.24, 2.45) is 0 Å². The predicted octanol–water partition coefficient (Wildman–Crippen LogP) is 1.47. The number of phosphoric acid groups is 1. The molecular weight excluding hydrogens is 632 g/mol. The lowest BCUT2D eigenvalue weighted by molar-refractivity contribution is -0.121. The second-order valence-corrected chi connectivity index (χ2v) is 13.0. The normalized spacial score (nSPS) is 22.0. The predicted molar refractivity (Wildman–Crippen MR) is 157 cm³/mol. The highest BCUT2D eigenvalue weighted by Gasteiger charge is 2.42. The largest absolute Gasteiger partial charge is 0.695 e. The van der Waals surface area contributed by atoms with Crippen molar-refractivity contribution in [3.05, 3.63) is 0 Å². The van der Waals surface area contributed by atoms with Gasteiger partial charge in [0.15, 0.2) is 6.10 Å². The molecule has 250 valence electrons. The molecule has 0 aliphatic carbocycles. The lowest BCUT2D eigenvalue weighted by Crippen LogP contribution is -2.36. The maximum atomic E-state index is 12.0. The van der Waals surface area contributed by atoms with Crippen molar-refractivity contribution in [1.82, 2.24) is 16.0 Å². The molecule has 0 aromatic heterocycles. The van der Waals surface area contributed by atoms with Crippen molar-refractivity contribution in [3.63, 3.8) is 0 Å². The molecule has 2 saturated heterocycles. The van der Waals surface area contributed by atoms with E-state index < -0.39 is 28.8 Å². The van der Waals surface area contributed by atoms with E-state index in [9.17, 15) is 23.6 Å². The number of carbonyl (C=O) groups excluding carboxylic acids is 2. The van der Waals surface area contributed by atoms with Gasteiger partial charge in [-0.15, -0.1) is 9.42 Å². The average Bonchev–Trinajstić information content (AvgIpc) is 3.50. The maximum Gasteiger partial charge on any atom is 0.695 e. The lowest BCUT2D eigenvalue weighted by atomic mass is 10.0. The first kappa shape index (κ1) is 38.2. The van der Waals surface area contributed by atoms with E-state index in [0.717, 1.165) is 25.0 Å². The van der Waals surface area contributed by atoms with Crippen LogP contribution in [0, 0.1) is 0 Å². The number of phosphoric ester groups is 1. The van der Waals surface area contributed by atoms with Crippen LogP contribution in [0.15, 0.2) is 0 Å². The van der Waals surface area contributed by atoms with Crippen molar-refractivity contribution in [1.29, 1.82) is 0 Å². The van der Waals surface area contributed by atoms with Crippen LogP contribution in [0.2, 0.25) is 0 Å². The van der Waals surface area contributed by atoms with Crippen LogP contribution in [0.1, 0.15) is 39.0 Å². The number of urea groups is 1. The zero-order valence-electron chi connectivity index (χ0n) is 24.5. The SMILES string of the molecule is CCOP(=O)(O)OCC(COCCOCCOCCOCCCNC(=O)CCCCC1SCC2NC(=O)NC21)O[P+](=O)O. The number of hydrogen-bond donors (Lipinski definition) is 5. The number of unbranched alkanes of at least 4 members (excludes halogenated alkanes) is 1. The standard InChI is InChI=1S/C24H45N3O13P2S/c1-2-38-42(32,33)39-17-19(40-41(30)31)16-37-15-14-36-13-12-35-11-10-34-9-5-8-25-22(28)7-4-3-6-21-23-20(18-43-21)26-24(29)27-23/h19-21,23H,2-18H2,1H3,(H4-,25,26,27,28,29,30,31,32,33)/p+1. The summed E-state index contributed by atoms with van der Waals surface area (Å²) in [5, 5.41) is 9.26. The van der Waals surface area contributed by atoms with E-state index in [-0.39, 0.29) is 50.4 Å². The molecule has 3 amide bonds. The third-order valence-corrected chi connectivity index (χ3v) is 9.29. The van der Waals surface area contributed by atoms with Gasteiger partial charge in [-0.1, -0.05) is 6.42 Å². The number of fused-ring (bicyclic) bond motifs is 1. The number of amides is 3. The fourth-order valence-electron chi connectivity index (χ4n) is 4.25. The van der Waals surface area contributed by atoms with Crippen LogP contribution in [-0.2, 0) is 46.4 Å². The Labute approximate surface area is 257 Å². The van der Waals surface area contributed by atoms with Gasteiger partial charge in [-0.2, -0.15) is 11.8 Å². The summed E-state index contributed by atoms with van der Waals surface area (Å²) >= 11 is 1.89. The molecule has 0 aromatic carbocycles. The summed E-state index contributed by atoms with van der Waals surface area (Å²) in [5.41, 5.74) is 0. The number of nitrogens with one attached hydrogen (secondary N) is 3. The second-order valence-electron chi connectivity index (χ2n) is 9.63. The minimum atomic E-state index is -4.26. The summed E-state index contributed by atoms with van der Waals surface area (Å²) in [7, 11) is -7.22. The van der Waals surface area contributed by atoms with Gasteiger partial charge in [0.25, 0.3) is 0 Å². The molecule has 43 heavy (non-hydrogen) atoms. The minimum Gasteiger partial charge on any atom is -0.379 e. The van der Waals surface area contributed by atoms with Crippen molar-refractivity contribution in [2.45, 2.75) is 62.5 Å². The van der Waals surface area contributed by atoms with Crippen molar-refractivity contribution < 1.29 is 61.0 Å². The molecule has 0 saturated carbocycles. The van der Waals surface area contributed by atoms with Gasteiger partial charge in [-0.25, -0.2) is 9.36 Å². The number of carbonyl (C=O) groups is 2. The molecule has 2 aliphatic heterocycles.